The molecule has 0 fully saturated rings. The van der Waals surface area contributed by atoms with Crippen LogP contribution in [0.2, 0.25) is 0 Å². The minimum absolute atomic E-state index is 0.0295. The number of Topliss-reactive ketones (excluding diaryl/α,β-unsaturated/α-hetero) is 3. The van der Waals surface area contributed by atoms with Gasteiger partial charge in [0.15, 0.2) is 17.3 Å². The van der Waals surface area contributed by atoms with Gasteiger partial charge in [0.2, 0.25) is 0 Å². The molecule has 0 aromatic heterocycles. The monoisotopic (exact) mass is 266 g/mol. The van der Waals surface area contributed by atoms with E-state index in [9.17, 15) is 22.8 Å². The van der Waals surface area contributed by atoms with Crippen LogP contribution in [-0.4, -0.2) is 39.5 Å². The fourth-order valence-electron chi connectivity index (χ4n) is 0.880. The summed E-state index contributed by atoms with van der Waals surface area (Å²) in [6.07, 6.45) is 0.129. The molecule has 7 nitrogen and oxygen atoms in total. The van der Waals surface area contributed by atoms with Crippen LogP contribution in [-0.2, 0) is 33.1 Å². The highest BCUT2D eigenvalue weighted by Crippen LogP contribution is 2.01. The van der Waals surface area contributed by atoms with Crippen LogP contribution in [0.5, 0.6) is 0 Å². The zero-order chi connectivity index (χ0) is 13.5. The normalized spacial score (nSPS) is 11.2. The number of carbonyl (C=O) groups excluding carboxylic acids is 3. The SMILES string of the molecule is COS(=O)(=O)OCC(=O)CCCC(=O)C(C)=O. The van der Waals surface area contributed by atoms with Gasteiger partial charge in [-0.1, -0.05) is 0 Å². The fourth-order valence-corrected chi connectivity index (χ4v) is 1.25. The molecule has 0 bridgehead atoms. The number of hydrogen-bond acceptors (Lipinski definition) is 7. The van der Waals surface area contributed by atoms with Crippen LogP contribution < -0.4 is 0 Å². The number of hydrogen-bond donors (Lipinski definition) is 0. The molecule has 0 aliphatic rings. The molecule has 0 aliphatic heterocycles. The van der Waals surface area contributed by atoms with E-state index in [0.29, 0.717) is 0 Å². The summed E-state index contributed by atoms with van der Waals surface area (Å²) < 4.78 is 29.5. The minimum atomic E-state index is -4.11. The maximum absolute atomic E-state index is 11.1. The van der Waals surface area contributed by atoms with Crippen molar-refractivity contribution in [1.82, 2.24) is 0 Å². The molecule has 0 heterocycles. The molecule has 98 valence electrons. The standard InChI is InChI=1S/C9H14O7S/c1-7(10)9(12)5-3-4-8(11)6-16-17(13,14)15-2/h3-6H2,1-2H3. The van der Waals surface area contributed by atoms with Crippen molar-refractivity contribution in [1.29, 1.82) is 0 Å². The lowest BCUT2D eigenvalue weighted by molar-refractivity contribution is -0.135. The van der Waals surface area contributed by atoms with E-state index in [1.807, 2.05) is 0 Å². The Balaban J connectivity index is 3.82. The first kappa shape index (κ1) is 15.9. The first-order chi connectivity index (χ1) is 7.78. The van der Waals surface area contributed by atoms with Gasteiger partial charge in [-0.05, 0) is 6.42 Å². The Hall–Kier alpha value is -1.12. The van der Waals surface area contributed by atoms with Crippen LogP contribution in [0, 0.1) is 0 Å². The first-order valence-electron chi connectivity index (χ1n) is 4.79. The highest BCUT2D eigenvalue weighted by Gasteiger charge is 2.13. The van der Waals surface area contributed by atoms with Crippen LogP contribution in [0.1, 0.15) is 26.2 Å². The van der Waals surface area contributed by atoms with Crippen molar-refractivity contribution in [2.45, 2.75) is 26.2 Å². The molecule has 8 heteroatoms. The minimum Gasteiger partial charge on any atom is -0.297 e. The van der Waals surface area contributed by atoms with Crippen molar-refractivity contribution in [2.24, 2.45) is 0 Å². The van der Waals surface area contributed by atoms with Gasteiger partial charge in [-0.15, -0.1) is 0 Å². The average Bonchev–Trinajstić information content (AvgIpc) is 2.26. The van der Waals surface area contributed by atoms with Crippen molar-refractivity contribution in [3.63, 3.8) is 0 Å². The third kappa shape index (κ3) is 7.72. The lowest BCUT2D eigenvalue weighted by atomic mass is 10.1. The van der Waals surface area contributed by atoms with E-state index < -0.39 is 34.4 Å². The summed E-state index contributed by atoms with van der Waals surface area (Å²) >= 11 is 0. The molecule has 0 aromatic rings. The van der Waals surface area contributed by atoms with Crippen molar-refractivity contribution < 1.29 is 31.2 Å². The molecule has 0 aliphatic carbocycles. The van der Waals surface area contributed by atoms with Gasteiger partial charge in [-0.2, -0.15) is 8.42 Å². The zero-order valence-corrected chi connectivity index (χ0v) is 10.4. The average molecular weight is 266 g/mol. The molecule has 0 rings (SSSR count). The van der Waals surface area contributed by atoms with Gasteiger partial charge in [-0.25, -0.2) is 4.18 Å². The molecule has 0 aromatic carbocycles. The van der Waals surface area contributed by atoms with Crippen molar-refractivity contribution in [3.8, 4) is 0 Å². The van der Waals surface area contributed by atoms with Gasteiger partial charge >= 0.3 is 10.4 Å². The second kappa shape index (κ2) is 7.25. The molecule has 0 atom stereocenters. The summed E-state index contributed by atoms with van der Waals surface area (Å²) in [5, 5.41) is 0. The van der Waals surface area contributed by atoms with Gasteiger partial charge in [-0.3, -0.25) is 18.6 Å². The molecular formula is C9H14O7S. The molecule has 0 amide bonds. The van der Waals surface area contributed by atoms with E-state index in [1.165, 1.54) is 0 Å². The summed E-state index contributed by atoms with van der Waals surface area (Å²) in [7, 11) is -3.20. The molecule has 0 N–H and O–H groups in total. The maximum Gasteiger partial charge on any atom is 0.400 e. The molecule has 0 spiro atoms. The summed E-state index contributed by atoms with van der Waals surface area (Å²) in [6.45, 7) is 0.517. The van der Waals surface area contributed by atoms with Crippen LogP contribution in [0.4, 0.5) is 0 Å². The summed E-state index contributed by atoms with van der Waals surface area (Å²) in [5.74, 6) is -1.60. The Morgan fingerprint density at radius 2 is 1.71 bits per heavy atom. The Labute approximate surface area is 99.4 Å². The van der Waals surface area contributed by atoms with Crippen molar-refractivity contribution in [3.05, 3.63) is 0 Å². The third-order valence-electron chi connectivity index (χ3n) is 1.82. The predicted molar refractivity (Wildman–Crippen MR) is 56.4 cm³/mol. The van der Waals surface area contributed by atoms with Crippen LogP contribution in [0.15, 0.2) is 0 Å². The van der Waals surface area contributed by atoms with Crippen molar-refractivity contribution in [2.75, 3.05) is 13.7 Å². The zero-order valence-electron chi connectivity index (χ0n) is 9.59. The number of carbonyl (C=O) groups is 3. The number of rotatable bonds is 9. The first-order valence-corrected chi connectivity index (χ1v) is 6.12. The fraction of sp³-hybridized carbons (Fsp3) is 0.667. The highest BCUT2D eigenvalue weighted by molar-refractivity contribution is 7.81. The molecule has 0 unspecified atom stereocenters. The second-order valence-corrected chi connectivity index (χ2v) is 4.59. The summed E-state index contributed by atoms with van der Waals surface area (Å²) in [6, 6.07) is 0. The maximum atomic E-state index is 11.1. The van der Waals surface area contributed by atoms with Gasteiger partial charge in [0, 0.05) is 19.8 Å². The predicted octanol–water partition coefficient (Wildman–Crippen LogP) is -0.208. The van der Waals surface area contributed by atoms with Gasteiger partial charge in [0.25, 0.3) is 0 Å². The Morgan fingerprint density at radius 3 is 2.18 bits per heavy atom. The van der Waals surface area contributed by atoms with Crippen molar-refractivity contribution >= 4 is 27.7 Å². The quantitative estimate of drug-likeness (QED) is 0.532. The smallest absolute Gasteiger partial charge is 0.297 e. The summed E-state index contributed by atoms with van der Waals surface area (Å²) in [5.41, 5.74) is 0. The molecule has 0 saturated carbocycles. The van der Waals surface area contributed by atoms with E-state index in [1.54, 1.807) is 0 Å². The van der Waals surface area contributed by atoms with Crippen LogP contribution >= 0.6 is 0 Å². The van der Waals surface area contributed by atoms with Gasteiger partial charge in [0.05, 0.1) is 7.11 Å². The lowest BCUT2D eigenvalue weighted by Crippen LogP contribution is -2.16. The summed E-state index contributed by atoms with van der Waals surface area (Å²) in [4.78, 5) is 32.6. The largest absolute Gasteiger partial charge is 0.400 e. The lowest BCUT2D eigenvalue weighted by Gasteiger charge is -2.01. The van der Waals surface area contributed by atoms with E-state index in [4.69, 9.17) is 0 Å². The van der Waals surface area contributed by atoms with Gasteiger partial charge in [0.1, 0.15) is 6.61 Å². The second-order valence-electron chi connectivity index (χ2n) is 3.21. The molecular weight excluding hydrogens is 252 g/mol. The van der Waals surface area contributed by atoms with Gasteiger partial charge < -0.3 is 0 Å². The van der Waals surface area contributed by atoms with Crippen LogP contribution in [0.3, 0.4) is 0 Å². The molecule has 17 heavy (non-hydrogen) atoms. The van der Waals surface area contributed by atoms with E-state index in [0.717, 1.165) is 14.0 Å². The highest BCUT2D eigenvalue weighted by atomic mass is 32.3. The Bertz CT molecular complexity index is 396. The molecule has 0 radical (unpaired) electrons. The number of ketones is 3. The Kier molecular flexibility index (Phi) is 6.78. The van der Waals surface area contributed by atoms with E-state index in [2.05, 4.69) is 8.37 Å². The van der Waals surface area contributed by atoms with E-state index in [-0.39, 0.29) is 19.3 Å². The molecule has 0 saturated heterocycles. The third-order valence-corrected chi connectivity index (χ3v) is 2.64. The topological polar surface area (TPSA) is 104 Å². The Morgan fingerprint density at radius 1 is 1.12 bits per heavy atom. The van der Waals surface area contributed by atoms with Crippen LogP contribution in [0.25, 0.3) is 0 Å². The van der Waals surface area contributed by atoms with E-state index >= 15 is 0 Å².